The number of hydrogen-bond donors (Lipinski definition) is 1. The SMILES string of the molecule is Cc1ccc(S(=O)(=O)NC(C)c2ccc(-c3ccccc3)cc2)cc1. The van der Waals surface area contributed by atoms with Gasteiger partial charge in [0.2, 0.25) is 10.0 Å². The Labute approximate surface area is 149 Å². The number of aryl methyl sites for hydroxylation is 1. The molecule has 0 bridgehead atoms. The molecule has 1 atom stereocenters. The summed E-state index contributed by atoms with van der Waals surface area (Å²) in [6.45, 7) is 3.78. The fourth-order valence-electron chi connectivity index (χ4n) is 2.68. The average Bonchev–Trinajstić information content (AvgIpc) is 2.62. The molecule has 0 aliphatic rings. The third-order valence-corrected chi connectivity index (χ3v) is 5.74. The molecule has 0 amide bonds. The van der Waals surface area contributed by atoms with E-state index in [0.29, 0.717) is 0 Å². The van der Waals surface area contributed by atoms with E-state index in [4.69, 9.17) is 0 Å². The summed E-state index contributed by atoms with van der Waals surface area (Å²) in [4.78, 5) is 0.283. The van der Waals surface area contributed by atoms with Crippen LogP contribution in [0.25, 0.3) is 11.1 Å². The van der Waals surface area contributed by atoms with Crippen molar-refractivity contribution in [2.45, 2.75) is 24.8 Å². The van der Waals surface area contributed by atoms with Gasteiger partial charge in [0.05, 0.1) is 4.90 Å². The zero-order chi connectivity index (χ0) is 17.9. The molecular weight excluding hydrogens is 330 g/mol. The molecule has 0 saturated carbocycles. The highest BCUT2D eigenvalue weighted by molar-refractivity contribution is 7.89. The summed E-state index contributed by atoms with van der Waals surface area (Å²) in [5, 5.41) is 0. The van der Waals surface area contributed by atoms with Crippen LogP contribution < -0.4 is 4.72 Å². The summed E-state index contributed by atoms with van der Waals surface area (Å²) >= 11 is 0. The van der Waals surface area contributed by atoms with E-state index < -0.39 is 10.0 Å². The van der Waals surface area contributed by atoms with E-state index >= 15 is 0 Å². The first-order valence-electron chi connectivity index (χ1n) is 8.20. The Balaban J connectivity index is 1.77. The predicted molar refractivity (Wildman–Crippen MR) is 102 cm³/mol. The lowest BCUT2D eigenvalue weighted by Crippen LogP contribution is -2.26. The number of rotatable bonds is 5. The Kier molecular flexibility index (Phi) is 5.02. The van der Waals surface area contributed by atoms with Gasteiger partial charge in [0.15, 0.2) is 0 Å². The average molecular weight is 351 g/mol. The molecule has 0 heterocycles. The number of benzene rings is 3. The first kappa shape index (κ1) is 17.4. The van der Waals surface area contributed by atoms with Crippen LogP contribution in [0.15, 0.2) is 83.8 Å². The third kappa shape index (κ3) is 4.16. The molecule has 3 aromatic carbocycles. The maximum Gasteiger partial charge on any atom is 0.241 e. The lowest BCUT2D eigenvalue weighted by molar-refractivity contribution is 0.567. The van der Waals surface area contributed by atoms with Crippen molar-refractivity contribution in [3.8, 4) is 11.1 Å². The minimum absolute atomic E-state index is 0.283. The van der Waals surface area contributed by atoms with Crippen LogP contribution in [0.5, 0.6) is 0 Å². The molecule has 25 heavy (non-hydrogen) atoms. The molecule has 0 aromatic heterocycles. The fourth-order valence-corrected chi connectivity index (χ4v) is 3.91. The summed E-state index contributed by atoms with van der Waals surface area (Å²) in [7, 11) is -3.54. The van der Waals surface area contributed by atoms with Gasteiger partial charge in [-0.25, -0.2) is 13.1 Å². The van der Waals surface area contributed by atoms with Gasteiger partial charge in [0, 0.05) is 6.04 Å². The van der Waals surface area contributed by atoms with E-state index in [1.165, 1.54) is 0 Å². The van der Waals surface area contributed by atoms with Gasteiger partial charge < -0.3 is 0 Å². The van der Waals surface area contributed by atoms with Crippen LogP contribution in [0, 0.1) is 6.92 Å². The molecule has 128 valence electrons. The molecule has 0 spiro atoms. The van der Waals surface area contributed by atoms with Gasteiger partial charge in [-0.1, -0.05) is 72.3 Å². The largest absolute Gasteiger partial charge is 0.241 e. The smallest absolute Gasteiger partial charge is 0.207 e. The van der Waals surface area contributed by atoms with Gasteiger partial charge in [0.25, 0.3) is 0 Å². The van der Waals surface area contributed by atoms with Crippen molar-refractivity contribution < 1.29 is 8.42 Å². The van der Waals surface area contributed by atoms with Crippen LogP contribution in [0.3, 0.4) is 0 Å². The normalized spacial score (nSPS) is 12.7. The molecule has 3 aromatic rings. The van der Waals surface area contributed by atoms with Crippen molar-refractivity contribution in [3.05, 3.63) is 90.0 Å². The number of hydrogen-bond acceptors (Lipinski definition) is 2. The van der Waals surface area contributed by atoms with Crippen molar-refractivity contribution in [2.24, 2.45) is 0 Å². The Hall–Kier alpha value is -2.43. The fraction of sp³-hybridized carbons (Fsp3) is 0.143. The van der Waals surface area contributed by atoms with Gasteiger partial charge in [-0.2, -0.15) is 0 Å². The minimum atomic E-state index is -3.54. The summed E-state index contributed by atoms with van der Waals surface area (Å²) in [5.41, 5.74) is 4.21. The molecule has 0 aliphatic heterocycles. The lowest BCUT2D eigenvalue weighted by atomic mass is 10.0. The van der Waals surface area contributed by atoms with Crippen LogP contribution in [-0.2, 0) is 10.0 Å². The summed E-state index contributed by atoms with van der Waals surface area (Å²) in [6, 6.07) is 24.6. The predicted octanol–water partition coefficient (Wildman–Crippen LogP) is 4.70. The molecule has 0 aliphatic carbocycles. The van der Waals surface area contributed by atoms with Gasteiger partial charge in [-0.3, -0.25) is 0 Å². The maximum atomic E-state index is 12.5. The first-order chi connectivity index (χ1) is 12.0. The van der Waals surface area contributed by atoms with E-state index in [1.807, 2.05) is 56.3 Å². The van der Waals surface area contributed by atoms with E-state index in [2.05, 4.69) is 16.9 Å². The zero-order valence-corrected chi connectivity index (χ0v) is 15.1. The summed E-state index contributed by atoms with van der Waals surface area (Å²) < 4.78 is 27.7. The molecule has 0 fully saturated rings. The Bertz CT molecular complexity index is 931. The quantitative estimate of drug-likeness (QED) is 0.724. The molecule has 3 rings (SSSR count). The van der Waals surface area contributed by atoms with Gasteiger partial charge in [-0.15, -0.1) is 0 Å². The second kappa shape index (κ2) is 7.21. The van der Waals surface area contributed by atoms with E-state index in [-0.39, 0.29) is 10.9 Å². The molecule has 0 radical (unpaired) electrons. The summed E-state index contributed by atoms with van der Waals surface area (Å²) in [5.74, 6) is 0. The molecule has 1 unspecified atom stereocenters. The zero-order valence-electron chi connectivity index (χ0n) is 14.3. The van der Waals surface area contributed by atoms with Gasteiger partial charge in [-0.05, 0) is 42.7 Å². The second-order valence-corrected chi connectivity index (χ2v) is 7.86. The molecule has 1 N–H and O–H groups in total. The Morgan fingerprint density at radius 3 is 1.92 bits per heavy atom. The van der Waals surface area contributed by atoms with Crippen molar-refractivity contribution in [1.29, 1.82) is 0 Å². The van der Waals surface area contributed by atoms with E-state index in [0.717, 1.165) is 22.3 Å². The van der Waals surface area contributed by atoms with Crippen molar-refractivity contribution in [2.75, 3.05) is 0 Å². The first-order valence-corrected chi connectivity index (χ1v) is 9.68. The highest BCUT2D eigenvalue weighted by atomic mass is 32.2. The van der Waals surface area contributed by atoms with Crippen LogP contribution in [0.1, 0.15) is 24.1 Å². The molecule has 0 saturated heterocycles. The number of nitrogens with one attached hydrogen (secondary N) is 1. The maximum absolute atomic E-state index is 12.5. The molecule has 3 nitrogen and oxygen atoms in total. The highest BCUT2D eigenvalue weighted by Gasteiger charge is 2.18. The topological polar surface area (TPSA) is 46.2 Å². The van der Waals surface area contributed by atoms with Crippen LogP contribution in [0.4, 0.5) is 0 Å². The van der Waals surface area contributed by atoms with Gasteiger partial charge >= 0.3 is 0 Å². The monoisotopic (exact) mass is 351 g/mol. The third-order valence-electron chi connectivity index (χ3n) is 4.18. The second-order valence-electron chi connectivity index (χ2n) is 6.14. The highest BCUT2D eigenvalue weighted by Crippen LogP contribution is 2.23. The molecule has 4 heteroatoms. The lowest BCUT2D eigenvalue weighted by Gasteiger charge is -2.15. The van der Waals surface area contributed by atoms with Crippen molar-refractivity contribution in [3.63, 3.8) is 0 Å². The van der Waals surface area contributed by atoms with Crippen molar-refractivity contribution in [1.82, 2.24) is 4.72 Å². The van der Waals surface area contributed by atoms with Crippen LogP contribution >= 0.6 is 0 Å². The molecular formula is C21H21NO2S. The van der Waals surface area contributed by atoms with E-state index in [1.54, 1.807) is 24.3 Å². The standard InChI is InChI=1S/C21H21NO2S/c1-16-8-14-21(15-9-16)25(23,24)22-17(2)18-10-12-20(13-11-18)19-6-4-3-5-7-19/h3-15,17,22H,1-2H3. The number of sulfonamides is 1. The van der Waals surface area contributed by atoms with Crippen LogP contribution in [0.2, 0.25) is 0 Å². The van der Waals surface area contributed by atoms with Crippen molar-refractivity contribution >= 4 is 10.0 Å². The Morgan fingerprint density at radius 2 is 1.32 bits per heavy atom. The summed E-state index contributed by atoms with van der Waals surface area (Å²) in [6.07, 6.45) is 0. The Morgan fingerprint density at radius 1 is 0.760 bits per heavy atom. The van der Waals surface area contributed by atoms with Gasteiger partial charge in [0.1, 0.15) is 0 Å². The van der Waals surface area contributed by atoms with E-state index in [9.17, 15) is 8.42 Å². The van der Waals surface area contributed by atoms with Crippen LogP contribution in [-0.4, -0.2) is 8.42 Å². The minimum Gasteiger partial charge on any atom is -0.207 e.